The molecule has 2 aromatic rings. The van der Waals surface area contributed by atoms with Gasteiger partial charge in [0.15, 0.2) is 11.6 Å². The molecule has 204 valence electrons. The molecule has 9 nitrogen and oxygen atoms in total. The highest BCUT2D eigenvalue weighted by atomic mass is 32.1. The van der Waals surface area contributed by atoms with Crippen molar-refractivity contribution in [2.75, 3.05) is 31.5 Å². The van der Waals surface area contributed by atoms with Crippen LogP contribution in [0.25, 0.3) is 0 Å². The Morgan fingerprint density at radius 1 is 1.22 bits per heavy atom. The number of ether oxygens (including phenoxy) is 1. The third-order valence-corrected chi connectivity index (χ3v) is 6.84. The zero-order valence-corrected chi connectivity index (χ0v) is 21.4. The Morgan fingerprint density at radius 3 is 2.65 bits per heavy atom. The van der Waals surface area contributed by atoms with Gasteiger partial charge in [-0.2, -0.15) is 4.37 Å². The number of nitrogens with two attached hydrogens (primary N) is 1. The smallest absolute Gasteiger partial charge is 0.319 e. The zero-order valence-electron chi connectivity index (χ0n) is 20.6. The average molecular weight is 544 g/mol. The number of benzene rings is 1. The molecule has 0 aliphatic carbocycles. The van der Waals surface area contributed by atoms with Gasteiger partial charge in [0.1, 0.15) is 23.0 Å². The number of rotatable bonds is 12. The van der Waals surface area contributed by atoms with Crippen molar-refractivity contribution in [2.24, 2.45) is 5.73 Å². The first-order chi connectivity index (χ1) is 17.7. The maximum atomic E-state index is 14.1. The summed E-state index contributed by atoms with van der Waals surface area (Å²) in [5.41, 5.74) is 4.25. The molecule has 1 aliphatic rings. The van der Waals surface area contributed by atoms with Gasteiger partial charge in [0.25, 0.3) is 5.91 Å². The van der Waals surface area contributed by atoms with Gasteiger partial charge in [0.05, 0.1) is 11.7 Å². The van der Waals surface area contributed by atoms with Crippen molar-refractivity contribution in [2.45, 2.75) is 58.2 Å². The Morgan fingerprint density at radius 2 is 1.95 bits per heavy atom. The zero-order chi connectivity index (χ0) is 26.9. The summed E-state index contributed by atoms with van der Waals surface area (Å²) in [6, 6.07) is 0.226. The van der Waals surface area contributed by atoms with Crippen LogP contribution < -0.4 is 21.1 Å². The topological polar surface area (TPSA) is 130 Å². The molecule has 2 heterocycles. The van der Waals surface area contributed by atoms with E-state index in [4.69, 9.17) is 10.5 Å². The van der Waals surface area contributed by atoms with Crippen LogP contribution in [0.5, 0.6) is 5.88 Å². The van der Waals surface area contributed by atoms with E-state index in [0.29, 0.717) is 37.5 Å². The van der Waals surface area contributed by atoms with Gasteiger partial charge in [-0.25, -0.2) is 18.0 Å². The number of carbonyl (C=O) groups excluding carboxylic acids is 2. The molecular formula is C24H32F3N5O4S. The molecule has 37 heavy (non-hydrogen) atoms. The molecule has 1 atom stereocenters. The lowest BCUT2D eigenvalue weighted by atomic mass is 10.1. The number of nitrogens with zero attached hydrogens (tertiary/aromatic N) is 2. The Labute approximate surface area is 217 Å². The number of nitrogens with one attached hydrogen (secondary N) is 2. The molecule has 1 saturated heterocycles. The number of halogens is 3. The lowest BCUT2D eigenvalue weighted by Crippen LogP contribution is -2.36. The van der Waals surface area contributed by atoms with Crippen LogP contribution in [-0.2, 0) is 6.61 Å². The summed E-state index contributed by atoms with van der Waals surface area (Å²) >= 11 is 0.699. The predicted molar refractivity (Wildman–Crippen MR) is 133 cm³/mol. The molecule has 0 spiro atoms. The normalized spacial score (nSPS) is 14.8. The Kier molecular flexibility index (Phi) is 10.5. The number of carbonyl (C=O) groups is 2. The molecule has 1 aliphatic heterocycles. The molecule has 13 heteroatoms. The summed E-state index contributed by atoms with van der Waals surface area (Å²) in [4.78, 5) is 26.5. The minimum atomic E-state index is -1.40. The van der Waals surface area contributed by atoms with Gasteiger partial charge < -0.3 is 25.8 Å². The van der Waals surface area contributed by atoms with Crippen LogP contribution in [0, 0.1) is 24.4 Å². The van der Waals surface area contributed by atoms with E-state index in [2.05, 4.69) is 19.9 Å². The van der Waals surface area contributed by atoms with Gasteiger partial charge in [0.2, 0.25) is 5.88 Å². The molecule has 1 aromatic heterocycles. The number of hydrogen-bond acceptors (Lipinski definition) is 7. The number of likely N-dealkylation sites (tertiary alicyclic amines) is 1. The van der Waals surface area contributed by atoms with E-state index in [1.165, 1.54) is 26.2 Å². The van der Waals surface area contributed by atoms with E-state index in [1.54, 1.807) is 0 Å². The van der Waals surface area contributed by atoms with Gasteiger partial charge in [-0.1, -0.05) is 6.42 Å². The number of anilines is 1. The van der Waals surface area contributed by atoms with Gasteiger partial charge in [0, 0.05) is 13.1 Å². The Hall–Kier alpha value is -2.90. The molecule has 0 saturated carbocycles. The van der Waals surface area contributed by atoms with Crippen molar-refractivity contribution in [1.29, 1.82) is 0 Å². The number of aromatic nitrogens is 1. The monoisotopic (exact) mass is 543 g/mol. The van der Waals surface area contributed by atoms with E-state index in [0.717, 1.165) is 25.6 Å². The second kappa shape index (κ2) is 13.6. The van der Waals surface area contributed by atoms with E-state index >= 15 is 0 Å². The van der Waals surface area contributed by atoms with Crippen LogP contribution >= 0.6 is 11.5 Å². The van der Waals surface area contributed by atoms with Crippen LogP contribution in [0.3, 0.4) is 0 Å². The fraction of sp³-hybridized carbons (Fsp3) is 0.542. The fourth-order valence-corrected chi connectivity index (χ4v) is 4.82. The molecule has 1 aromatic carbocycles. The van der Waals surface area contributed by atoms with Crippen molar-refractivity contribution in [3.05, 3.63) is 40.2 Å². The molecule has 3 amide bonds. The minimum Gasteiger partial charge on any atom is -0.471 e. The maximum Gasteiger partial charge on any atom is 0.319 e. The molecule has 0 radical (unpaired) electrons. The summed E-state index contributed by atoms with van der Waals surface area (Å²) in [5.74, 6) is -4.92. The predicted octanol–water partition coefficient (Wildman–Crippen LogP) is 3.69. The Bertz CT molecular complexity index is 1090. The van der Waals surface area contributed by atoms with Gasteiger partial charge >= 0.3 is 6.03 Å². The number of primary amides is 1. The number of hydrogen-bond donors (Lipinski definition) is 4. The summed E-state index contributed by atoms with van der Waals surface area (Å²) in [7, 11) is 0. The van der Waals surface area contributed by atoms with Crippen molar-refractivity contribution in [3.63, 3.8) is 0 Å². The second-order valence-electron chi connectivity index (χ2n) is 9.02. The van der Waals surface area contributed by atoms with Crippen LogP contribution in [0.4, 0.5) is 23.0 Å². The number of piperidine rings is 1. The van der Waals surface area contributed by atoms with Crippen molar-refractivity contribution in [3.8, 4) is 5.88 Å². The van der Waals surface area contributed by atoms with Crippen LogP contribution in [0.15, 0.2) is 6.07 Å². The highest BCUT2D eigenvalue weighted by Crippen LogP contribution is 2.31. The molecule has 1 fully saturated rings. The largest absolute Gasteiger partial charge is 0.471 e. The number of unbranched alkanes of at least 4 members (excludes halogenated alkanes) is 1. The summed E-state index contributed by atoms with van der Waals surface area (Å²) < 4.78 is 51.1. The summed E-state index contributed by atoms with van der Waals surface area (Å²) in [5, 5.41) is 15.3. The minimum absolute atomic E-state index is 0.00650. The third kappa shape index (κ3) is 8.04. The average Bonchev–Trinajstić information content (AvgIpc) is 3.25. The summed E-state index contributed by atoms with van der Waals surface area (Å²) in [6.07, 6.45) is 5.18. The number of aliphatic hydroxyl groups is 1. The van der Waals surface area contributed by atoms with Crippen LogP contribution in [-0.4, -0.2) is 58.6 Å². The van der Waals surface area contributed by atoms with Gasteiger partial charge in [-0.15, -0.1) is 0 Å². The lowest BCUT2D eigenvalue weighted by molar-refractivity contribution is 0.0928. The highest BCUT2D eigenvalue weighted by Gasteiger charge is 2.24. The number of urea groups is 1. The molecule has 5 N–H and O–H groups in total. The quantitative estimate of drug-likeness (QED) is 0.239. The standard InChI is InChI=1S/C24H32F3N5O4S/c1-14-11-17(25)16(20(27)19(14)26)13-36-22-18(21(28)34)23(37-31-22)30-24(35)29-8-4-3-7-15(33)12-32-9-5-2-6-10-32/h11,15,33H,2-10,12-13H2,1H3,(H2,28,34)(H2,29,30,35). The number of aryl methyl sites for hydroxylation is 1. The van der Waals surface area contributed by atoms with Gasteiger partial charge in [-0.3, -0.25) is 10.1 Å². The highest BCUT2D eigenvalue weighted by molar-refractivity contribution is 7.11. The maximum absolute atomic E-state index is 14.1. The SMILES string of the molecule is Cc1cc(F)c(COc2nsc(NC(=O)NCCCCC(O)CN3CCCCC3)c2C(N)=O)c(F)c1F. The summed E-state index contributed by atoms with van der Waals surface area (Å²) in [6.45, 7) is 3.53. The molecule has 1 unspecified atom stereocenters. The molecule has 3 rings (SSSR count). The number of aliphatic hydroxyl groups excluding tert-OH is 1. The second-order valence-corrected chi connectivity index (χ2v) is 9.79. The Balaban J connectivity index is 1.46. The molecular weight excluding hydrogens is 511 g/mol. The van der Waals surface area contributed by atoms with E-state index in [-0.39, 0.29) is 22.0 Å². The van der Waals surface area contributed by atoms with Crippen molar-refractivity contribution in [1.82, 2.24) is 14.6 Å². The lowest BCUT2D eigenvalue weighted by Gasteiger charge is -2.28. The first kappa shape index (κ1) is 28.7. The van der Waals surface area contributed by atoms with E-state index in [1.807, 2.05) is 0 Å². The van der Waals surface area contributed by atoms with Crippen LogP contribution in [0.1, 0.15) is 60.0 Å². The molecule has 0 bridgehead atoms. The van der Waals surface area contributed by atoms with Crippen molar-refractivity contribution < 1.29 is 32.6 Å². The number of β-amino-alcohol motifs (C(OH)–C–C–N with tert-alkyl or cyclic N) is 1. The number of amides is 3. The van der Waals surface area contributed by atoms with E-state index in [9.17, 15) is 27.9 Å². The van der Waals surface area contributed by atoms with Crippen LogP contribution in [0.2, 0.25) is 0 Å². The van der Waals surface area contributed by atoms with Crippen molar-refractivity contribution >= 4 is 28.5 Å². The van der Waals surface area contributed by atoms with Gasteiger partial charge in [-0.05, 0) is 75.3 Å². The first-order valence-corrected chi connectivity index (χ1v) is 12.9. The third-order valence-electron chi connectivity index (χ3n) is 6.09. The fourth-order valence-electron chi connectivity index (χ4n) is 4.09. The van der Waals surface area contributed by atoms with E-state index < -0.39 is 47.7 Å². The first-order valence-electron chi connectivity index (χ1n) is 12.2.